The number of hydrogen-bond donors (Lipinski definition) is 0. The van der Waals surface area contributed by atoms with Crippen LogP contribution in [-0.4, -0.2) is 24.3 Å². The number of aromatic nitrogens is 5. The number of hydrogen-bond acceptors (Lipinski definition) is 4. The molecule has 6 aromatic carbocycles. The van der Waals surface area contributed by atoms with Gasteiger partial charge in [-0.25, -0.2) is 9.97 Å². The van der Waals surface area contributed by atoms with E-state index >= 15 is 0 Å². The number of para-hydroxylation sites is 2. The predicted octanol–water partition coefficient (Wildman–Crippen LogP) is 11.3. The fraction of sp³-hybridized carbons (Fsp3) is 0. The van der Waals surface area contributed by atoms with Crippen LogP contribution in [0.5, 0.6) is 0 Å². The highest BCUT2D eigenvalue weighted by Crippen LogP contribution is 2.45. The number of rotatable bonds is 5. The summed E-state index contributed by atoms with van der Waals surface area (Å²) in [6.07, 6.45) is 7.49. The van der Waals surface area contributed by atoms with Gasteiger partial charge in [0, 0.05) is 41.5 Å². The van der Waals surface area contributed by atoms with Crippen molar-refractivity contribution < 1.29 is 0 Å². The summed E-state index contributed by atoms with van der Waals surface area (Å²) in [5.41, 5.74) is 12.7. The van der Waals surface area contributed by atoms with Crippen molar-refractivity contribution in [1.29, 1.82) is 0 Å². The van der Waals surface area contributed by atoms with Gasteiger partial charge < -0.3 is 0 Å². The summed E-state index contributed by atoms with van der Waals surface area (Å²) >= 11 is 0. The number of nitrogens with zero attached hydrogens (tertiary/aromatic N) is 5. The predicted molar refractivity (Wildman–Crippen MR) is 208 cm³/mol. The molecule has 0 aliphatic rings. The van der Waals surface area contributed by atoms with Gasteiger partial charge in [-0.2, -0.15) is 0 Å². The van der Waals surface area contributed by atoms with Crippen LogP contribution in [0.3, 0.4) is 0 Å². The third-order valence-corrected chi connectivity index (χ3v) is 9.75. The molecule has 0 bridgehead atoms. The van der Waals surface area contributed by atoms with E-state index in [0.717, 1.165) is 82.9 Å². The number of imidazole rings is 1. The average molecular weight is 652 g/mol. The average Bonchev–Trinajstić information content (AvgIpc) is 3.59. The summed E-state index contributed by atoms with van der Waals surface area (Å²) in [4.78, 5) is 19.2. The van der Waals surface area contributed by atoms with Crippen molar-refractivity contribution in [3.8, 4) is 55.9 Å². The molecule has 0 fully saturated rings. The van der Waals surface area contributed by atoms with Gasteiger partial charge in [0.25, 0.3) is 0 Å². The molecule has 238 valence electrons. The van der Waals surface area contributed by atoms with Gasteiger partial charge >= 0.3 is 0 Å². The zero-order chi connectivity index (χ0) is 33.7. The molecule has 4 aromatic heterocycles. The molecule has 4 heterocycles. The van der Waals surface area contributed by atoms with Crippen LogP contribution in [0.25, 0.3) is 94.3 Å². The molecule has 51 heavy (non-hydrogen) atoms. The first-order chi connectivity index (χ1) is 25.3. The summed E-state index contributed by atoms with van der Waals surface area (Å²) in [6.45, 7) is 0. The number of pyridine rings is 2. The SMILES string of the molecule is c1ccc(-c2cc(-c3c4ccccc4c(-c4cc(-c5cccnc5)cc(-c5cccnc5)c4)c4ccccc34)nc3nc4ccccc4n23)cc1. The van der Waals surface area contributed by atoms with Gasteiger partial charge in [-0.1, -0.05) is 103 Å². The molecule has 5 heteroatoms. The molecule has 0 aliphatic heterocycles. The Morgan fingerprint density at radius 2 is 0.922 bits per heavy atom. The second-order valence-electron chi connectivity index (χ2n) is 12.8. The maximum atomic E-state index is 5.32. The van der Waals surface area contributed by atoms with Gasteiger partial charge in [-0.3, -0.25) is 14.4 Å². The molecule has 0 N–H and O–H groups in total. The van der Waals surface area contributed by atoms with Gasteiger partial charge in [0.1, 0.15) is 0 Å². The quantitative estimate of drug-likeness (QED) is 0.174. The lowest BCUT2D eigenvalue weighted by atomic mass is 9.85. The Labute approximate surface area is 294 Å². The molecule has 0 spiro atoms. The Morgan fingerprint density at radius 1 is 0.392 bits per heavy atom. The third-order valence-electron chi connectivity index (χ3n) is 9.75. The van der Waals surface area contributed by atoms with Gasteiger partial charge in [-0.15, -0.1) is 0 Å². The van der Waals surface area contributed by atoms with Gasteiger partial charge in [0.2, 0.25) is 5.78 Å². The van der Waals surface area contributed by atoms with Crippen LogP contribution >= 0.6 is 0 Å². The largest absolute Gasteiger partial charge is 0.276 e. The topological polar surface area (TPSA) is 56.0 Å². The van der Waals surface area contributed by atoms with Gasteiger partial charge in [0.05, 0.1) is 22.4 Å². The van der Waals surface area contributed by atoms with Crippen molar-refractivity contribution in [1.82, 2.24) is 24.3 Å². The first-order valence-corrected chi connectivity index (χ1v) is 17.0. The summed E-state index contributed by atoms with van der Waals surface area (Å²) in [7, 11) is 0. The van der Waals surface area contributed by atoms with Crippen LogP contribution in [0.1, 0.15) is 0 Å². The van der Waals surface area contributed by atoms with Crippen molar-refractivity contribution in [2.45, 2.75) is 0 Å². The van der Waals surface area contributed by atoms with Gasteiger partial charge in [-0.05, 0) is 97.9 Å². The fourth-order valence-electron chi connectivity index (χ4n) is 7.50. The molecule has 0 unspecified atom stereocenters. The standard InChI is InChI=1S/C46H29N5/c1-2-12-30(13-3-1)43-27-41(50-46-49-40-20-8-9-21-42(40)51(43)46)45-38-18-6-4-16-36(38)44(37-17-5-7-19-39(37)45)35-25-33(31-14-10-22-47-28-31)24-34(26-35)32-15-11-23-48-29-32/h1-29H. The van der Waals surface area contributed by atoms with E-state index < -0.39 is 0 Å². The molecule has 0 aliphatic carbocycles. The Kier molecular flexibility index (Phi) is 6.74. The second-order valence-corrected chi connectivity index (χ2v) is 12.8. The summed E-state index contributed by atoms with van der Waals surface area (Å²) in [6, 6.07) is 53.5. The van der Waals surface area contributed by atoms with Crippen molar-refractivity contribution >= 4 is 38.4 Å². The Hall–Kier alpha value is -6.98. The summed E-state index contributed by atoms with van der Waals surface area (Å²) in [5, 5.41) is 4.58. The smallest absolute Gasteiger partial charge is 0.235 e. The lowest BCUT2D eigenvalue weighted by Gasteiger charge is -2.19. The lowest BCUT2D eigenvalue weighted by Crippen LogP contribution is -1.99. The van der Waals surface area contributed by atoms with E-state index in [4.69, 9.17) is 9.97 Å². The normalized spacial score (nSPS) is 11.5. The fourth-order valence-corrected chi connectivity index (χ4v) is 7.50. The minimum absolute atomic E-state index is 0.676. The molecule has 0 radical (unpaired) electrons. The first kappa shape index (κ1) is 29.0. The zero-order valence-corrected chi connectivity index (χ0v) is 27.5. The zero-order valence-electron chi connectivity index (χ0n) is 27.5. The molecular weight excluding hydrogens is 623 g/mol. The van der Waals surface area contributed by atoms with E-state index in [1.165, 1.54) is 5.56 Å². The lowest BCUT2D eigenvalue weighted by molar-refractivity contribution is 1.15. The van der Waals surface area contributed by atoms with Crippen LogP contribution in [0.2, 0.25) is 0 Å². The minimum atomic E-state index is 0.676. The van der Waals surface area contributed by atoms with Crippen molar-refractivity contribution in [3.05, 3.63) is 176 Å². The van der Waals surface area contributed by atoms with Gasteiger partial charge in [0.15, 0.2) is 0 Å². The molecule has 5 nitrogen and oxygen atoms in total. The monoisotopic (exact) mass is 651 g/mol. The van der Waals surface area contributed by atoms with Crippen LogP contribution in [0, 0.1) is 0 Å². The van der Waals surface area contributed by atoms with Crippen LogP contribution in [0.4, 0.5) is 0 Å². The van der Waals surface area contributed by atoms with Crippen molar-refractivity contribution in [3.63, 3.8) is 0 Å². The minimum Gasteiger partial charge on any atom is -0.276 e. The highest BCUT2D eigenvalue weighted by Gasteiger charge is 2.21. The van der Waals surface area contributed by atoms with E-state index in [1.54, 1.807) is 0 Å². The Bertz CT molecular complexity index is 2780. The van der Waals surface area contributed by atoms with Crippen LogP contribution in [-0.2, 0) is 0 Å². The van der Waals surface area contributed by atoms with Crippen LogP contribution in [0.15, 0.2) is 176 Å². The first-order valence-electron chi connectivity index (χ1n) is 17.0. The maximum absolute atomic E-state index is 5.32. The van der Waals surface area contributed by atoms with E-state index in [9.17, 15) is 0 Å². The molecule has 0 atom stereocenters. The van der Waals surface area contributed by atoms with E-state index in [0.29, 0.717) is 5.78 Å². The van der Waals surface area contributed by atoms with E-state index in [-0.39, 0.29) is 0 Å². The highest BCUT2D eigenvalue weighted by molar-refractivity contribution is 6.21. The summed E-state index contributed by atoms with van der Waals surface area (Å²) < 4.78 is 2.18. The van der Waals surface area contributed by atoms with Crippen molar-refractivity contribution in [2.24, 2.45) is 0 Å². The highest BCUT2D eigenvalue weighted by atomic mass is 15.1. The maximum Gasteiger partial charge on any atom is 0.235 e. The van der Waals surface area contributed by atoms with Crippen molar-refractivity contribution in [2.75, 3.05) is 0 Å². The molecule has 10 rings (SSSR count). The van der Waals surface area contributed by atoms with E-state index in [2.05, 4.69) is 148 Å². The Morgan fingerprint density at radius 3 is 1.53 bits per heavy atom. The number of fused-ring (bicyclic) bond motifs is 5. The molecule has 0 saturated heterocycles. The summed E-state index contributed by atoms with van der Waals surface area (Å²) in [5.74, 6) is 0.676. The molecule has 0 saturated carbocycles. The Balaban J connectivity index is 1.30. The van der Waals surface area contributed by atoms with E-state index in [1.807, 2.05) is 43.0 Å². The molecular formula is C46H29N5. The molecule has 10 aromatic rings. The van der Waals surface area contributed by atoms with Crippen LogP contribution < -0.4 is 0 Å². The second kappa shape index (κ2) is 11.9. The number of benzene rings is 6. The molecule has 0 amide bonds. The third kappa shape index (κ3) is 4.86.